The lowest BCUT2D eigenvalue weighted by Crippen LogP contribution is -2.25. The van der Waals surface area contributed by atoms with Crippen LogP contribution in [0.1, 0.15) is 66.7 Å². The normalized spacial score (nSPS) is 15.4. The number of amides is 1. The minimum Gasteiger partial charge on any atom is -0.382 e. The maximum absolute atomic E-state index is 13.3. The Balaban J connectivity index is 0.000000709. The summed E-state index contributed by atoms with van der Waals surface area (Å²) in [4.78, 5) is 25.6. The fourth-order valence-electron chi connectivity index (χ4n) is 4.01. The number of amidine groups is 1. The van der Waals surface area contributed by atoms with Gasteiger partial charge in [-0.15, -0.1) is 0 Å². The molecule has 0 spiro atoms. The zero-order valence-electron chi connectivity index (χ0n) is 19.9. The smallest absolute Gasteiger partial charge is 0.260 e. The molecule has 8 nitrogen and oxygen atoms in total. The second-order valence-electron chi connectivity index (χ2n) is 8.27. The highest BCUT2D eigenvalue weighted by atomic mass is 16.2. The van der Waals surface area contributed by atoms with Crippen LogP contribution < -0.4 is 20.9 Å². The Morgan fingerprint density at radius 3 is 2.61 bits per heavy atom. The third-order valence-electron chi connectivity index (χ3n) is 5.93. The molecule has 0 radical (unpaired) electrons. The Morgan fingerprint density at radius 2 is 1.97 bits per heavy atom. The average molecular weight is 450 g/mol. The molecule has 1 saturated heterocycles. The van der Waals surface area contributed by atoms with Gasteiger partial charge in [-0.25, -0.2) is 9.98 Å². The highest BCUT2D eigenvalue weighted by molar-refractivity contribution is 6.10. The predicted octanol–water partition coefficient (Wildman–Crippen LogP) is 3.68. The van der Waals surface area contributed by atoms with Crippen LogP contribution in [0.3, 0.4) is 0 Å². The quantitative estimate of drug-likeness (QED) is 0.441. The molecule has 1 aromatic carbocycles. The molecule has 176 valence electrons. The van der Waals surface area contributed by atoms with Crippen LogP contribution in [0.4, 0.5) is 11.5 Å². The number of nitrogens with two attached hydrogens (primary N) is 1. The Kier molecular flexibility index (Phi) is 8.54. The number of nitrogens with zero attached hydrogens (tertiary/aromatic N) is 4. The molecule has 3 heterocycles. The molecule has 4 N–H and O–H groups in total. The summed E-state index contributed by atoms with van der Waals surface area (Å²) in [7, 11) is 1.92. The van der Waals surface area contributed by atoms with Gasteiger partial charge in [0, 0.05) is 30.9 Å². The van der Waals surface area contributed by atoms with Crippen molar-refractivity contribution in [1.29, 1.82) is 5.41 Å². The molecule has 0 unspecified atom stereocenters. The maximum Gasteiger partial charge on any atom is 0.260 e. The van der Waals surface area contributed by atoms with E-state index < -0.39 is 0 Å². The van der Waals surface area contributed by atoms with Crippen molar-refractivity contribution in [2.75, 3.05) is 29.9 Å². The van der Waals surface area contributed by atoms with E-state index in [1.165, 1.54) is 25.7 Å². The number of unbranched alkanes of at least 4 members (excludes halogenated alkanes) is 1. The number of anilines is 2. The monoisotopic (exact) mass is 449 g/mol. The largest absolute Gasteiger partial charge is 0.382 e. The van der Waals surface area contributed by atoms with Gasteiger partial charge in [0.05, 0.1) is 6.54 Å². The summed E-state index contributed by atoms with van der Waals surface area (Å²) in [5.41, 5.74) is 10.4. The minimum absolute atomic E-state index is 0.0504. The first kappa shape index (κ1) is 24.4. The van der Waals surface area contributed by atoms with Crippen LogP contribution >= 0.6 is 0 Å². The molecule has 0 saturated carbocycles. The molecule has 0 atom stereocenters. The molecule has 33 heavy (non-hydrogen) atoms. The molecular formula is C25H35N7O. The standard InChI is InChI=1S/C21H25N7O.C4H10/c1-24-11-14-9-15(27-7-2-3-8-27)10-16-17(14)12-28(21(16)29)19-6-4-5-18(26-19)20(23)25-13-22;1-3-4-2/h4-6,9-10,13,24H,2-3,7-8,11-12H2,1H3,(H3,22,23,25);3-4H2,1-2H3. The van der Waals surface area contributed by atoms with Crippen LogP contribution in [0.25, 0.3) is 0 Å². The summed E-state index contributed by atoms with van der Waals surface area (Å²) in [5.74, 6) is 0.633. The number of hydrogen-bond donors (Lipinski definition) is 3. The van der Waals surface area contributed by atoms with E-state index in [4.69, 9.17) is 11.1 Å². The number of rotatable bonds is 7. The number of aliphatic imine (C=N–C) groups is 1. The van der Waals surface area contributed by atoms with Crippen molar-refractivity contribution in [2.45, 2.75) is 52.6 Å². The van der Waals surface area contributed by atoms with Gasteiger partial charge in [0.2, 0.25) is 0 Å². The number of aromatic nitrogens is 1. The summed E-state index contributed by atoms with van der Waals surface area (Å²) in [5, 5.41) is 10.3. The van der Waals surface area contributed by atoms with Crippen molar-refractivity contribution in [1.82, 2.24) is 10.3 Å². The molecular weight excluding hydrogens is 414 g/mol. The van der Waals surface area contributed by atoms with Crippen LogP contribution in [0.15, 0.2) is 35.3 Å². The molecule has 1 fully saturated rings. The van der Waals surface area contributed by atoms with Gasteiger partial charge < -0.3 is 16.0 Å². The van der Waals surface area contributed by atoms with E-state index in [0.29, 0.717) is 24.6 Å². The van der Waals surface area contributed by atoms with E-state index in [1.807, 2.05) is 13.1 Å². The summed E-state index contributed by atoms with van der Waals surface area (Å²) in [6, 6.07) is 9.54. The number of hydrogen-bond acceptors (Lipinski definition) is 5. The number of benzene rings is 1. The lowest BCUT2D eigenvalue weighted by molar-refractivity contribution is 0.0996. The predicted molar refractivity (Wildman–Crippen MR) is 135 cm³/mol. The Labute approximate surface area is 196 Å². The average Bonchev–Trinajstić information content (AvgIpc) is 3.49. The highest BCUT2D eigenvalue weighted by Crippen LogP contribution is 2.34. The van der Waals surface area contributed by atoms with Crippen LogP contribution in [0, 0.1) is 5.41 Å². The van der Waals surface area contributed by atoms with E-state index in [9.17, 15) is 4.79 Å². The van der Waals surface area contributed by atoms with E-state index in [2.05, 4.69) is 40.1 Å². The first-order valence-electron chi connectivity index (χ1n) is 11.7. The van der Waals surface area contributed by atoms with Gasteiger partial charge in [0.25, 0.3) is 5.91 Å². The Hall–Kier alpha value is -3.26. The maximum atomic E-state index is 13.3. The number of carbonyl (C=O) groups excluding carboxylic acids is 1. The molecule has 1 amide bonds. The van der Waals surface area contributed by atoms with Gasteiger partial charge in [-0.2, -0.15) is 0 Å². The van der Waals surface area contributed by atoms with E-state index in [-0.39, 0.29) is 11.7 Å². The second-order valence-corrected chi connectivity index (χ2v) is 8.27. The topological polar surface area (TPSA) is 111 Å². The van der Waals surface area contributed by atoms with Gasteiger partial charge in [0.1, 0.15) is 17.9 Å². The fraction of sp³-hybridized carbons (Fsp3) is 0.440. The zero-order chi connectivity index (χ0) is 23.8. The summed E-state index contributed by atoms with van der Waals surface area (Å²) in [6.45, 7) is 7.61. The highest BCUT2D eigenvalue weighted by Gasteiger charge is 2.32. The number of fused-ring (bicyclic) bond motifs is 1. The van der Waals surface area contributed by atoms with Crippen LogP contribution in [0.2, 0.25) is 0 Å². The Morgan fingerprint density at radius 1 is 1.24 bits per heavy atom. The van der Waals surface area contributed by atoms with Crippen molar-refractivity contribution in [3.8, 4) is 0 Å². The first-order valence-corrected chi connectivity index (χ1v) is 11.7. The molecule has 2 aromatic rings. The van der Waals surface area contributed by atoms with Gasteiger partial charge in [-0.1, -0.05) is 32.8 Å². The van der Waals surface area contributed by atoms with Crippen LogP contribution in [-0.2, 0) is 13.1 Å². The van der Waals surface area contributed by atoms with E-state index in [0.717, 1.165) is 41.8 Å². The van der Waals surface area contributed by atoms with Crippen LogP contribution in [0.5, 0.6) is 0 Å². The van der Waals surface area contributed by atoms with Gasteiger partial charge in [0.15, 0.2) is 5.84 Å². The van der Waals surface area contributed by atoms with E-state index in [1.54, 1.807) is 23.1 Å². The molecule has 2 aliphatic rings. The van der Waals surface area contributed by atoms with Crippen molar-refractivity contribution in [2.24, 2.45) is 10.7 Å². The summed E-state index contributed by atoms with van der Waals surface area (Å²) >= 11 is 0. The van der Waals surface area contributed by atoms with E-state index >= 15 is 0 Å². The first-order chi connectivity index (χ1) is 16.0. The molecule has 0 aliphatic carbocycles. The van der Waals surface area contributed by atoms with Crippen molar-refractivity contribution >= 4 is 29.6 Å². The van der Waals surface area contributed by atoms with Crippen LogP contribution in [-0.4, -0.2) is 43.2 Å². The lowest BCUT2D eigenvalue weighted by Gasteiger charge is -2.20. The third-order valence-corrected chi connectivity index (χ3v) is 5.93. The molecule has 2 aliphatic heterocycles. The van der Waals surface area contributed by atoms with Gasteiger partial charge in [-0.05, 0) is 55.3 Å². The molecule has 4 rings (SSSR count). The van der Waals surface area contributed by atoms with Crippen molar-refractivity contribution < 1.29 is 4.79 Å². The second kappa shape index (κ2) is 11.6. The summed E-state index contributed by atoms with van der Waals surface area (Å²) < 4.78 is 0. The number of nitrogens with one attached hydrogen (secondary N) is 2. The Bertz CT molecular complexity index is 1010. The zero-order valence-corrected chi connectivity index (χ0v) is 19.9. The van der Waals surface area contributed by atoms with Gasteiger partial charge in [-0.3, -0.25) is 15.1 Å². The minimum atomic E-state index is -0.0504. The number of carbonyl (C=O) groups is 1. The van der Waals surface area contributed by atoms with Gasteiger partial charge >= 0.3 is 0 Å². The lowest BCUT2D eigenvalue weighted by atomic mass is 10.0. The summed E-state index contributed by atoms with van der Waals surface area (Å²) in [6.07, 6.45) is 5.90. The molecule has 8 heteroatoms. The molecule has 1 aromatic heterocycles. The van der Waals surface area contributed by atoms with Crippen molar-refractivity contribution in [3.63, 3.8) is 0 Å². The molecule has 0 bridgehead atoms. The van der Waals surface area contributed by atoms with Crippen molar-refractivity contribution in [3.05, 3.63) is 52.7 Å². The SMILES string of the molecule is CCCC.CNCc1cc(N2CCCC2)cc2c1CN(c1cccc(C(N)=NC=N)n1)C2=O. The fourth-order valence-corrected chi connectivity index (χ4v) is 4.01. The third kappa shape index (κ3) is 5.57. The number of pyridine rings is 1.